The number of nitrogens with zero attached hydrogens (tertiary/aromatic N) is 5. The first-order valence-electron chi connectivity index (χ1n) is 10.9. The average Bonchev–Trinajstić information content (AvgIpc) is 3.04. The summed E-state index contributed by atoms with van der Waals surface area (Å²) in [6.45, 7) is 12.2. The Balaban J connectivity index is 1.72. The topological polar surface area (TPSA) is 68.1 Å². The Labute approximate surface area is 167 Å². The number of hydrogen-bond donors (Lipinski definition) is 1. The number of fused-ring (bicyclic) bond motifs is 1. The second-order valence-electron chi connectivity index (χ2n) is 8.72. The van der Waals surface area contributed by atoms with Gasteiger partial charge in [0, 0.05) is 19.6 Å². The number of piperidine rings is 1. The Hall–Kier alpha value is -1.73. The van der Waals surface area contributed by atoms with Gasteiger partial charge in [-0.15, -0.1) is 0 Å². The zero-order valence-electron chi connectivity index (χ0n) is 17.6. The number of aromatic nitrogens is 4. The minimum Gasteiger partial charge on any atom is -0.371 e. The van der Waals surface area contributed by atoms with Crippen LogP contribution in [0.1, 0.15) is 52.1 Å². The maximum Gasteiger partial charge on any atom is 0.163 e. The van der Waals surface area contributed by atoms with Crippen LogP contribution in [0, 0.1) is 5.92 Å². The van der Waals surface area contributed by atoms with E-state index in [1.165, 1.54) is 0 Å². The van der Waals surface area contributed by atoms with Crippen molar-refractivity contribution in [1.82, 2.24) is 25.1 Å². The third-order valence-corrected chi connectivity index (χ3v) is 5.97. The number of aryl methyl sites for hydroxylation is 1. The van der Waals surface area contributed by atoms with E-state index < -0.39 is 0 Å². The molecular formula is C21H34N6O. The predicted molar refractivity (Wildman–Crippen MR) is 112 cm³/mol. The van der Waals surface area contributed by atoms with Gasteiger partial charge in [-0.3, -0.25) is 0 Å². The lowest BCUT2D eigenvalue weighted by Gasteiger charge is -2.45. The van der Waals surface area contributed by atoms with Crippen LogP contribution in [0.4, 0.5) is 5.82 Å². The van der Waals surface area contributed by atoms with Crippen LogP contribution in [0.25, 0.3) is 11.0 Å². The third kappa shape index (κ3) is 3.87. The van der Waals surface area contributed by atoms with Crippen molar-refractivity contribution in [3.05, 3.63) is 12.0 Å². The van der Waals surface area contributed by atoms with Gasteiger partial charge >= 0.3 is 0 Å². The van der Waals surface area contributed by atoms with E-state index in [9.17, 15) is 0 Å². The molecule has 28 heavy (non-hydrogen) atoms. The zero-order chi connectivity index (χ0) is 19.6. The zero-order valence-corrected chi connectivity index (χ0v) is 17.6. The van der Waals surface area contributed by atoms with E-state index in [4.69, 9.17) is 14.8 Å². The van der Waals surface area contributed by atoms with Crippen molar-refractivity contribution >= 4 is 16.9 Å². The van der Waals surface area contributed by atoms with Crippen LogP contribution < -0.4 is 10.2 Å². The summed E-state index contributed by atoms with van der Waals surface area (Å²) in [5, 5.41) is 9.58. The van der Waals surface area contributed by atoms with Gasteiger partial charge in [0.1, 0.15) is 12.1 Å². The van der Waals surface area contributed by atoms with Crippen molar-refractivity contribution in [2.45, 2.75) is 65.0 Å². The highest BCUT2D eigenvalue weighted by Gasteiger charge is 2.39. The summed E-state index contributed by atoms with van der Waals surface area (Å²) in [6.07, 6.45) is 7.06. The van der Waals surface area contributed by atoms with E-state index in [-0.39, 0.29) is 5.60 Å². The van der Waals surface area contributed by atoms with Gasteiger partial charge < -0.3 is 15.0 Å². The molecule has 0 aromatic carbocycles. The molecule has 0 saturated carbocycles. The molecule has 2 fully saturated rings. The molecule has 0 unspecified atom stereocenters. The van der Waals surface area contributed by atoms with Gasteiger partial charge in [-0.05, 0) is 44.7 Å². The third-order valence-electron chi connectivity index (χ3n) is 5.97. The van der Waals surface area contributed by atoms with Crippen molar-refractivity contribution in [2.75, 3.05) is 37.7 Å². The molecule has 0 amide bonds. The number of ether oxygens (including phenoxy) is 1. The van der Waals surface area contributed by atoms with Gasteiger partial charge in [0.25, 0.3) is 0 Å². The fraction of sp³-hybridized carbons (Fsp3) is 0.762. The molecule has 2 aromatic heterocycles. The summed E-state index contributed by atoms with van der Waals surface area (Å²) in [6, 6.07) is 0. The van der Waals surface area contributed by atoms with Crippen molar-refractivity contribution in [3.63, 3.8) is 0 Å². The maximum atomic E-state index is 6.28. The highest BCUT2D eigenvalue weighted by molar-refractivity contribution is 5.90. The predicted octanol–water partition coefficient (Wildman–Crippen LogP) is 2.78. The van der Waals surface area contributed by atoms with Crippen LogP contribution in [0.5, 0.6) is 0 Å². The normalized spacial score (nSPS) is 19.8. The molecule has 7 nitrogen and oxygen atoms in total. The second kappa shape index (κ2) is 8.33. The fourth-order valence-corrected chi connectivity index (χ4v) is 4.51. The van der Waals surface area contributed by atoms with Gasteiger partial charge in [-0.25, -0.2) is 14.6 Å². The van der Waals surface area contributed by atoms with Gasteiger partial charge in [0.15, 0.2) is 5.65 Å². The molecule has 2 aliphatic heterocycles. The van der Waals surface area contributed by atoms with Crippen molar-refractivity contribution in [3.8, 4) is 0 Å². The standard InChI is InChI=1S/C21H34N6O/c1-4-5-10-27-20-18(17(25-27)13-16(2)3)19(23-15-24-20)26-11-12-28-21(14-26)6-8-22-9-7-21/h15-16,22H,4-14H2,1-3H3. The monoisotopic (exact) mass is 386 g/mol. The van der Waals surface area contributed by atoms with Crippen molar-refractivity contribution in [2.24, 2.45) is 5.92 Å². The van der Waals surface area contributed by atoms with Gasteiger partial charge in [0.05, 0.1) is 23.3 Å². The average molecular weight is 387 g/mol. The molecule has 1 N–H and O–H groups in total. The van der Waals surface area contributed by atoms with Crippen LogP contribution in [0.2, 0.25) is 0 Å². The highest BCUT2D eigenvalue weighted by Crippen LogP contribution is 2.34. The Morgan fingerprint density at radius 3 is 2.82 bits per heavy atom. The lowest BCUT2D eigenvalue weighted by atomic mass is 9.90. The van der Waals surface area contributed by atoms with Gasteiger partial charge in [-0.1, -0.05) is 27.2 Å². The first-order valence-corrected chi connectivity index (χ1v) is 10.9. The lowest BCUT2D eigenvalue weighted by molar-refractivity contribution is -0.0739. The molecule has 154 valence electrons. The molecule has 0 atom stereocenters. The van der Waals surface area contributed by atoms with E-state index in [2.05, 4.69) is 40.7 Å². The quantitative estimate of drug-likeness (QED) is 0.823. The molecule has 2 aromatic rings. The van der Waals surface area contributed by atoms with Crippen LogP contribution >= 0.6 is 0 Å². The number of nitrogens with one attached hydrogen (secondary N) is 1. The minimum atomic E-state index is -0.0445. The van der Waals surface area contributed by atoms with Crippen LogP contribution in [0.15, 0.2) is 6.33 Å². The van der Waals surface area contributed by atoms with Crippen molar-refractivity contribution < 1.29 is 4.74 Å². The highest BCUT2D eigenvalue weighted by atomic mass is 16.5. The molecule has 4 rings (SSSR count). The van der Waals surface area contributed by atoms with Gasteiger partial charge in [-0.2, -0.15) is 5.10 Å². The molecule has 0 bridgehead atoms. The van der Waals surface area contributed by atoms with E-state index >= 15 is 0 Å². The molecule has 0 radical (unpaired) electrons. The lowest BCUT2D eigenvalue weighted by Crippen LogP contribution is -2.56. The molecule has 1 spiro atoms. The van der Waals surface area contributed by atoms with Gasteiger partial charge in [0.2, 0.25) is 0 Å². The first kappa shape index (κ1) is 19.6. The number of unbranched alkanes of at least 4 members (excludes halogenated alkanes) is 1. The van der Waals surface area contributed by atoms with E-state index in [1.807, 2.05) is 0 Å². The Kier molecular flexibility index (Phi) is 5.83. The van der Waals surface area contributed by atoms with E-state index in [0.29, 0.717) is 5.92 Å². The molecule has 0 aliphatic carbocycles. The number of anilines is 1. The SMILES string of the molecule is CCCCn1nc(CC(C)C)c2c(N3CCOC4(CCNCC4)C3)ncnc21. The van der Waals surface area contributed by atoms with Crippen LogP contribution in [-0.4, -0.2) is 58.1 Å². The van der Waals surface area contributed by atoms with E-state index in [0.717, 1.165) is 94.0 Å². The molecule has 2 saturated heterocycles. The Morgan fingerprint density at radius 2 is 2.07 bits per heavy atom. The van der Waals surface area contributed by atoms with E-state index in [1.54, 1.807) is 6.33 Å². The Bertz CT molecular complexity index is 790. The summed E-state index contributed by atoms with van der Waals surface area (Å²) in [5.74, 6) is 1.59. The van der Waals surface area contributed by atoms with Crippen LogP contribution in [-0.2, 0) is 17.7 Å². The Morgan fingerprint density at radius 1 is 1.25 bits per heavy atom. The molecular weight excluding hydrogens is 352 g/mol. The first-order chi connectivity index (χ1) is 13.6. The number of hydrogen-bond acceptors (Lipinski definition) is 6. The molecule has 4 heterocycles. The number of morpholine rings is 1. The van der Waals surface area contributed by atoms with Crippen LogP contribution in [0.3, 0.4) is 0 Å². The minimum absolute atomic E-state index is 0.0445. The largest absolute Gasteiger partial charge is 0.371 e. The number of rotatable bonds is 6. The summed E-state index contributed by atoms with van der Waals surface area (Å²) in [7, 11) is 0. The maximum absolute atomic E-state index is 6.28. The summed E-state index contributed by atoms with van der Waals surface area (Å²) in [4.78, 5) is 11.8. The molecule has 2 aliphatic rings. The smallest absolute Gasteiger partial charge is 0.163 e. The fourth-order valence-electron chi connectivity index (χ4n) is 4.51. The summed E-state index contributed by atoms with van der Waals surface area (Å²) >= 11 is 0. The van der Waals surface area contributed by atoms with Crippen molar-refractivity contribution in [1.29, 1.82) is 0 Å². The molecule has 7 heteroatoms. The second-order valence-corrected chi connectivity index (χ2v) is 8.72. The summed E-state index contributed by atoms with van der Waals surface area (Å²) in [5.41, 5.74) is 2.08. The summed E-state index contributed by atoms with van der Waals surface area (Å²) < 4.78 is 8.38.